The van der Waals surface area contributed by atoms with E-state index >= 15 is 0 Å². The van der Waals surface area contributed by atoms with Crippen LogP contribution in [-0.2, 0) is 5.41 Å². The highest BCUT2D eigenvalue weighted by Crippen LogP contribution is 2.56. The van der Waals surface area contributed by atoms with Gasteiger partial charge in [0.15, 0.2) is 0 Å². The summed E-state index contributed by atoms with van der Waals surface area (Å²) in [5.74, 6) is 0.861. The van der Waals surface area contributed by atoms with Gasteiger partial charge in [-0.15, -0.1) is 0 Å². The lowest BCUT2D eigenvalue weighted by Gasteiger charge is -2.30. The quantitative estimate of drug-likeness (QED) is 0.155. The molecule has 20 aromatic rings. The second-order valence-electron chi connectivity index (χ2n) is 26.5. The van der Waals surface area contributed by atoms with Crippen molar-refractivity contribution in [1.29, 1.82) is 0 Å². The first-order valence-electron chi connectivity index (χ1n) is 32.8. The lowest BCUT2D eigenvalue weighted by Crippen LogP contribution is -2.15. The molecular weight excluding hydrogens is 1140 g/mol. The minimum absolute atomic E-state index is 0.342. The molecule has 0 aliphatic heterocycles. The molecule has 0 amide bonds. The third-order valence-corrected chi connectivity index (χ3v) is 21.3. The SMILES string of the molecule is CC1(C)c2cc(-c3ccc(N(c4cc5ccc6cccc7ccc(c4)c5c67)c4cccc5c6ccccc6c6ccccc6c45)c4ccccc34)ccc2-c2c1ccc1c2c2cc3c4ccccc4c4ccccc4c3cc2n1-c1nc2ccccc2n1-c1ccccc1. The highest BCUT2D eigenvalue weighted by Gasteiger charge is 2.39. The highest BCUT2D eigenvalue weighted by molar-refractivity contribution is 6.32. The Morgan fingerprint density at radius 3 is 1.51 bits per heavy atom. The van der Waals surface area contributed by atoms with Gasteiger partial charge in [0.1, 0.15) is 0 Å². The van der Waals surface area contributed by atoms with Crippen molar-refractivity contribution >= 4 is 158 Å². The number of benzene rings is 18. The Hall–Kier alpha value is -12.1. The van der Waals surface area contributed by atoms with Crippen molar-refractivity contribution in [2.45, 2.75) is 19.3 Å². The van der Waals surface area contributed by atoms with Crippen LogP contribution in [0.1, 0.15) is 25.0 Å². The summed E-state index contributed by atoms with van der Waals surface area (Å²) in [6.07, 6.45) is 0. The molecule has 0 saturated carbocycles. The van der Waals surface area contributed by atoms with E-state index in [0.29, 0.717) is 0 Å². The lowest BCUT2D eigenvalue weighted by atomic mass is 9.81. The number of anilines is 3. The number of hydrogen-bond acceptors (Lipinski definition) is 2. The molecule has 0 atom stereocenters. The van der Waals surface area contributed by atoms with Crippen LogP contribution in [0.4, 0.5) is 17.1 Å². The first kappa shape index (κ1) is 51.6. The summed E-state index contributed by atoms with van der Waals surface area (Å²) in [6, 6.07) is 114. The van der Waals surface area contributed by atoms with E-state index in [1.165, 1.54) is 152 Å². The van der Waals surface area contributed by atoms with Gasteiger partial charge in [0.05, 0.1) is 33.4 Å². The van der Waals surface area contributed by atoms with Crippen LogP contribution in [-0.4, -0.2) is 14.1 Å². The van der Waals surface area contributed by atoms with Gasteiger partial charge in [-0.05, 0) is 203 Å². The van der Waals surface area contributed by atoms with E-state index < -0.39 is 0 Å². The molecule has 0 unspecified atom stereocenters. The van der Waals surface area contributed by atoms with Crippen LogP contribution >= 0.6 is 0 Å². The molecule has 2 heterocycles. The van der Waals surface area contributed by atoms with E-state index in [0.717, 1.165) is 50.8 Å². The fraction of sp³-hybridized carbons (Fsp3) is 0.0333. The zero-order valence-corrected chi connectivity index (χ0v) is 51.7. The zero-order valence-electron chi connectivity index (χ0n) is 51.7. The van der Waals surface area contributed by atoms with E-state index in [9.17, 15) is 0 Å². The summed E-state index contributed by atoms with van der Waals surface area (Å²) < 4.78 is 4.81. The minimum atomic E-state index is -0.342. The van der Waals surface area contributed by atoms with E-state index in [1.807, 2.05) is 0 Å². The molecule has 0 spiro atoms. The predicted molar refractivity (Wildman–Crippen MR) is 399 cm³/mol. The van der Waals surface area contributed by atoms with E-state index in [-0.39, 0.29) is 5.41 Å². The molecule has 94 heavy (non-hydrogen) atoms. The van der Waals surface area contributed by atoms with E-state index in [1.54, 1.807) is 0 Å². The van der Waals surface area contributed by atoms with Crippen molar-refractivity contribution in [1.82, 2.24) is 14.1 Å². The Balaban J connectivity index is 0.800. The van der Waals surface area contributed by atoms with E-state index in [2.05, 4.69) is 331 Å². The molecule has 1 aliphatic rings. The Bertz CT molecular complexity index is 6590. The fourth-order valence-corrected chi connectivity index (χ4v) is 17.2. The molecular formula is C90H56N4. The maximum atomic E-state index is 5.60. The minimum Gasteiger partial charge on any atom is -0.309 e. The van der Waals surface area contributed by atoms with Crippen LogP contribution in [0.2, 0.25) is 0 Å². The standard InChI is InChI=1S/C90H56N4/c1-90(2)76-45-47-82-88(75-51-73-67-30-10-7-25-62(67)63-26-8-11-31-68(63)74(73)52-83(75)94(82)89-91-78-35-16-17-36-80(78)93(89)58-22-4-3-5-23-58)87(76)72-43-42-55(50-77(72)90)60-44-46-79(69-32-14-12-24-61(60)69)92(59-48-56-40-38-53-20-18-21-54-39-41-57(49-59)85(56)84(53)54)81-37-19-34-71-66-28-9-6-27-64(66)65-29-13-15-33-70(65)86(71)81/h3-52H,1-2H3. The third kappa shape index (κ3) is 6.98. The second-order valence-corrected chi connectivity index (χ2v) is 26.5. The van der Waals surface area contributed by atoms with Crippen molar-refractivity contribution in [2.24, 2.45) is 0 Å². The molecule has 21 rings (SSSR count). The van der Waals surface area contributed by atoms with Crippen molar-refractivity contribution in [3.8, 4) is 33.9 Å². The highest BCUT2D eigenvalue weighted by atomic mass is 15.2. The average Bonchev–Trinajstić information content (AvgIpc) is 1.54. The predicted octanol–water partition coefficient (Wildman–Crippen LogP) is 24.5. The number of imidazole rings is 1. The summed E-state index contributed by atoms with van der Waals surface area (Å²) in [5, 5.41) is 27.4. The number of nitrogens with zero attached hydrogens (tertiary/aromatic N) is 4. The largest absolute Gasteiger partial charge is 0.309 e. The molecule has 0 bridgehead atoms. The smallest absolute Gasteiger partial charge is 0.220 e. The second kappa shape index (κ2) is 19.0. The van der Waals surface area contributed by atoms with Gasteiger partial charge in [-0.2, -0.15) is 0 Å². The topological polar surface area (TPSA) is 26.0 Å². The zero-order chi connectivity index (χ0) is 61.7. The summed E-state index contributed by atoms with van der Waals surface area (Å²) >= 11 is 0. The fourth-order valence-electron chi connectivity index (χ4n) is 17.2. The monoisotopic (exact) mass is 1190 g/mol. The molecule has 0 saturated heterocycles. The van der Waals surface area contributed by atoms with Crippen LogP contribution in [0.3, 0.4) is 0 Å². The first-order valence-corrected chi connectivity index (χ1v) is 32.8. The van der Waals surface area contributed by atoms with Crippen LogP contribution in [0.5, 0.6) is 0 Å². The molecule has 0 radical (unpaired) electrons. The summed E-state index contributed by atoms with van der Waals surface area (Å²) in [7, 11) is 0. The van der Waals surface area contributed by atoms with Crippen LogP contribution in [0, 0.1) is 0 Å². The summed E-state index contributed by atoms with van der Waals surface area (Å²) in [4.78, 5) is 8.17. The molecule has 0 fully saturated rings. The molecule has 436 valence electrons. The number of rotatable bonds is 6. The molecule has 0 N–H and O–H groups in total. The van der Waals surface area contributed by atoms with Gasteiger partial charge in [-0.1, -0.05) is 244 Å². The summed E-state index contributed by atoms with van der Waals surface area (Å²) in [6.45, 7) is 4.87. The maximum absolute atomic E-state index is 5.60. The molecule has 2 aromatic heterocycles. The van der Waals surface area contributed by atoms with Crippen molar-refractivity contribution in [3.05, 3.63) is 314 Å². The first-order chi connectivity index (χ1) is 46.4. The summed E-state index contributed by atoms with van der Waals surface area (Å²) in [5.41, 5.74) is 16.0. The molecule has 4 nitrogen and oxygen atoms in total. The number of fused-ring (bicyclic) bond motifs is 21. The van der Waals surface area contributed by atoms with Gasteiger partial charge in [-0.25, -0.2) is 4.98 Å². The van der Waals surface area contributed by atoms with Gasteiger partial charge in [0.25, 0.3) is 0 Å². The Morgan fingerprint density at radius 1 is 0.298 bits per heavy atom. The van der Waals surface area contributed by atoms with Crippen molar-refractivity contribution < 1.29 is 0 Å². The van der Waals surface area contributed by atoms with Crippen LogP contribution < -0.4 is 4.90 Å². The van der Waals surface area contributed by atoms with Gasteiger partial charge < -0.3 is 4.90 Å². The van der Waals surface area contributed by atoms with Gasteiger partial charge in [-0.3, -0.25) is 9.13 Å². The lowest BCUT2D eigenvalue weighted by molar-refractivity contribution is 0.661. The molecule has 4 heteroatoms. The van der Waals surface area contributed by atoms with Gasteiger partial charge >= 0.3 is 0 Å². The van der Waals surface area contributed by atoms with Crippen molar-refractivity contribution in [2.75, 3.05) is 4.90 Å². The molecule has 1 aliphatic carbocycles. The third-order valence-electron chi connectivity index (χ3n) is 21.3. The van der Waals surface area contributed by atoms with Crippen LogP contribution in [0.25, 0.3) is 174 Å². The number of aromatic nitrogens is 3. The van der Waals surface area contributed by atoms with Gasteiger partial charge in [0, 0.05) is 38.3 Å². The van der Waals surface area contributed by atoms with Crippen LogP contribution in [0.15, 0.2) is 303 Å². The number of para-hydroxylation sites is 3. The average molecular weight is 1190 g/mol. The molecule has 18 aromatic carbocycles. The Kier molecular flexibility index (Phi) is 10.4. The Morgan fingerprint density at radius 2 is 0.830 bits per heavy atom. The van der Waals surface area contributed by atoms with E-state index in [4.69, 9.17) is 4.98 Å². The Labute approximate surface area is 541 Å². The van der Waals surface area contributed by atoms with Gasteiger partial charge in [0.2, 0.25) is 5.95 Å². The van der Waals surface area contributed by atoms with Crippen molar-refractivity contribution in [3.63, 3.8) is 0 Å². The number of hydrogen-bond donors (Lipinski definition) is 0. The maximum Gasteiger partial charge on any atom is 0.220 e. The normalized spacial score (nSPS) is 13.1.